The van der Waals surface area contributed by atoms with E-state index in [1.165, 1.54) is 25.7 Å². The molecular formula is C15H29NO. The first-order valence-corrected chi connectivity index (χ1v) is 7.15. The second kappa shape index (κ2) is 4.55. The fraction of sp³-hybridized carbons (Fsp3) is 1.00. The van der Waals surface area contributed by atoms with E-state index in [1.807, 2.05) is 0 Å². The standard InChI is InChI=1S/C15H29NO/c1-11-13(6-7-17-11)16-12-8-14(2,3)10-15(4,5)9-12/h11-13,16H,6-10H2,1-5H3. The van der Waals surface area contributed by atoms with Gasteiger partial charge in [-0.05, 0) is 43.4 Å². The third kappa shape index (κ3) is 3.45. The quantitative estimate of drug-likeness (QED) is 0.798. The van der Waals surface area contributed by atoms with Gasteiger partial charge in [0.15, 0.2) is 0 Å². The zero-order valence-electron chi connectivity index (χ0n) is 12.2. The average Bonchev–Trinajstić information content (AvgIpc) is 2.45. The van der Waals surface area contributed by atoms with Crippen LogP contribution in [0.4, 0.5) is 0 Å². The molecule has 17 heavy (non-hydrogen) atoms. The minimum atomic E-state index is 0.392. The highest BCUT2D eigenvalue weighted by Gasteiger charge is 2.39. The van der Waals surface area contributed by atoms with E-state index >= 15 is 0 Å². The molecule has 0 radical (unpaired) electrons. The highest BCUT2D eigenvalue weighted by molar-refractivity contribution is 4.94. The molecule has 0 aromatic carbocycles. The number of hydrogen-bond donors (Lipinski definition) is 1. The Labute approximate surface area is 107 Å². The Morgan fingerprint density at radius 1 is 1.06 bits per heavy atom. The van der Waals surface area contributed by atoms with Crippen LogP contribution >= 0.6 is 0 Å². The van der Waals surface area contributed by atoms with E-state index in [4.69, 9.17) is 4.74 Å². The fourth-order valence-corrected chi connectivity index (χ4v) is 4.22. The molecule has 1 saturated carbocycles. The molecular weight excluding hydrogens is 210 g/mol. The van der Waals surface area contributed by atoms with Crippen molar-refractivity contribution in [3.8, 4) is 0 Å². The third-order valence-electron chi connectivity index (χ3n) is 4.38. The van der Waals surface area contributed by atoms with E-state index in [0.29, 0.717) is 29.0 Å². The zero-order valence-corrected chi connectivity index (χ0v) is 12.2. The lowest BCUT2D eigenvalue weighted by atomic mass is 9.63. The van der Waals surface area contributed by atoms with Crippen molar-refractivity contribution in [3.05, 3.63) is 0 Å². The zero-order chi connectivity index (χ0) is 12.7. The van der Waals surface area contributed by atoms with E-state index in [9.17, 15) is 0 Å². The maximum absolute atomic E-state index is 5.65. The molecule has 2 fully saturated rings. The van der Waals surface area contributed by atoms with Crippen molar-refractivity contribution in [2.75, 3.05) is 6.61 Å². The summed E-state index contributed by atoms with van der Waals surface area (Å²) in [6.07, 6.45) is 5.52. The average molecular weight is 239 g/mol. The van der Waals surface area contributed by atoms with Crippen molar-refractivity contribution in [2.24, 2.45) is 10.8 Å². The van der Waals surface area contributed by atoms with E-state index in [2.05, 4.69) is 39.9 Å². The predicted molar refractivity (Wildman–Crippen MR) is 72.2 cm³/mol. The van der Waals surface area contributed by atoms with Gasteiger partial charge in [-0.1, -0.05) is 27.7 Å². The van der Waals surface area contributed by atoms with Crippen LogP contribution in [-0.2, 0) is 4.74 Å². The van der Waals surface area contributed by atoms with Gasteiger partial charge in [0.05, 0.1) is 6.10 Å². The maximum Gasteiger partial charge on any atom is 0.0700 e. The molecule has 2 heteroatoms. The lowest BCUT2D eigenvalue weighted by Gasteiger charge is -2.46. The first-order chi connectivity index (χ1) is 7.77. The SMILES string of the molecule is CC1OCCC1NC1CC(C)(C)CC(C)(C)C1. The van der Waals surface area contributed by atoms with Crippen LogP contribution in [0.1, 0.15) is 60.3 Å². The highest BCUT2D eigenvalue weighted by atomic mass is 16.5. The molecule has 1 heterocycles. The summed E-state index contributed by atoms with van der Waals surface area (Å²) in [6.45, 7) is 12.8. The number of hydrogen-bond acceptors (Lipinski definition) is 2. The molecule has 0 bridgehead atoms. The van der Waals surface area contributed by atoms with Gasteiger partial charge in [0.25, 0.3) is 0 Å². The van der Waals surface area contributed by atoms with Crippen molar-refractivity contribution in [3.63, 3.8) is 0 Å². The lowest BCUT2D eigenvalue weighted by Crippen LogP contribution is -2.49. The molecule has 0 aromatic heterocycles. The monoisotopic (exact) mass is 239 g/mol. The Morgan fingerprint density at radius 2 is 1.65 bits per heavy atom. The van der Waals surface area contributed by atoms with Gasteiger partial charge in [-0.2, -0.15) is 0 Å². The maximum atomic E-state index is 5.65. The van der Waals surface area contributed by atoms with Crippen LogP contribution in [0.3, 0.4) is 0 Å². The topological polar surface area (TPSA) is 21.3 Å². The largest absolute Gasteiger partial charge is 0.377 e. The first-order valence-electron chi connectivity index (χ1n) is 7.15. The predicted octanol–water partition coefficient (Wildman–Crippen LogP) is 3.36. The van der Waals surface area contributed by atoms with Crippen LogP contribution in [0.2, 0.25) is 0 Å². The minimum absolute atomic E-state index is 0.392. The van der Waals surface area contributed by atoms with Gasteiger partial charge >= 0.3 is 0 Å². The highest BCUT2D eigenvalue weighted by Crippen LogP contribution is 2.45. The van der Waals surface area contributed by atoms with Crippen LogP contribution in [0, 0.1) is 10.8 Å². The summed E-state index contributed by atoms with van der Waals surface area (Å²) in [6, 6.07) is 1.24. The Morgan fingerprint density at radius 3 is 2.12 bits per heavy atom. The van der Waals surface area contributed by atoms with Gasteiger partial charge in [0.2, 0.25) is 0 Å². The molecule has 0 spiro atoms. The molecule has 0 aromatic rings. The van der Waals surface area contributed by atoms with Gasteiger partial charge < -0.3 is 10.1 Å². The molecule has 1 N–H and O–H groups in total. The summed E-state index contributed by atoms with van der Waals surface area (Å²) in [4.78, 5) is 0. The molecule has 2 aliphatic rings. The third-order valence-corrected chi connectivity index (χ3v) is 4.38. The summed E-state index contributed by atoms with van der Waals surface area (Å²) in [5, 5.41) is 3.85. The van der Waals surface area contributed by atoms with Gasteiger partial charge in [0, 0.05) is 18.7 Å². The molecule has 0 amide bonds. The molecule has 1 aliphatic carbocycles. The van der Waals surface area contributed by atoms with Crippen molar-refractivity contribution in [1.29, 1.82) is 0 Å². The lowest BCUT2D eigenvalue weighted by molar-refractivity contribution is 0.0677. The molecule has 100 valence electrons. The Balaban J connectivity index is 1.96. The van der Waals surface area contributed by atoms with Crippen LogP contribution in [0.15, 0.2) is 0 Å². The van der Waals surface area contributed by atoms with Crippen molar-refractivity contribution < 1.29 is 4.74 Å². The van der Waals surface area contributed by atoms with E-state index in [0.717, 1.165) is 6.61 Å². The van der Waals surface area contributed by atoms with Crippen LogP contribution in [0.25, 0.3) is 0 Å². The summed E-state index contributed by atoms with van der Waals surface area (Å²) >= 11 is 0. The summed E-state index contributed by atoms with van der Waals surface area (Å²) in [5.74, 6) is 0. The van der Waals surface area contributed by atoms with Gasteiger partial charge in [-0.25, -0.2) is 0 Å². The van der Waals surface area contributed by atoms with E-state index < -0.39 is 0 Å². The summed E-state index contributed by atoms with van der Waals surface area (Å²) in [5.41, 5.74) is 0.949. The van der Waals surface area contributed by atoms with Crippen molar-refractivity contribution in [2.45, 2.75) is 78.5 Å². The van der Waals surface area contributed by atoms with Crippen molar-refractivity contribution in [1.82, 2.24) is 5.32 Å². The van der Waals surface area contributed by atoms with Crippen LogP contribution in [-0.4, -0.2) is 24.8 Å². The van der Waals surface area contributed by atoms with Crippen LogP contribution < -0.4 is 5.32 Å². The summed E-state index contributed by atoms with van der Waals surface area (Å²) in [7, 11) is 0. The Bertz CT molecular complexity index is 256. The Kier molecular flexibility index (Phi) is 3.57. The number of nitrogens with one attached hydrogen (secondary N) is 1. The Hall–Kier alpha value is -0.0800. The molecule has 1 aliphatic heterocycles. The minimum Gasteiger partial charge on any atom is -0.377 e. The molecule has 2 atom stereocenters. The summed E-state index contributed by atoms with van der Waals surface area (Å²) < 4.78 is 5.65. The van der Waals surface area contributed by atoms with Gasteiger partial charge in [-0.3, -0.25) is 0 Å². The molecule has 2 nitrogen and oxygen atoms in total. The van der Waals surface area contributed by atoms with Gasteiger partial charge in [-0.15, -0.1) is 0 Å². The molecule has 2 unspecified atom stereocenters. The fourth-order valence-electron chi connectivity index (χ4n) is 4.22. The number of rotatable bonds is 2. The van der Waals surface area contributed by atoms with E-state index in [-0.39, 0.29) is 0 Å². The van der Waals surface area contributed by atoms with E-state index in [1.54, 1.807) is 0 Å². The number of ether oxygens (including phenoxy) is 1. The smallest absolute Gasteiger partial charge is 0.0700 e. The first kappa shape index (κ1) is 13.4. The normalized spacial score (nSPS) is 37.2. The molecule has 1 saturated heterocycles. The van der Waals surface area contributed by atoms with Crippen LogP contribution in [0.5, 0.6) is 0 Å². The second-order valence-electron chi connectivity index (χ2n) is 7.75. The second-order valence-corrected chi connectivity index (χ2v) is 7.75. The van der Waals surface area contributed by atoms with Gasteiger partial charge in [0.1, 0.15) is 0 Å². The molecule has 2 rings (SSSR count). The van der Waals surface area contributed by atoms with Crippen molar-refractivity contribution >= 4 is 0 Å².